The Balaban J connectivity index is 0.00000288. The van der Waals surface area contributed by atoms with E-state index >= 15 is 0 Å². The van der Waals surface area contributed by atoms with Gasteiger partial charge in [-0.3, -0.25) is 4.79 Å². The molecule has 24 heavy (non-hydrogen) atoms. The molecule has 1 fully saturated rings. The molecule has 2 rings (SSSR count). The number of carbonyl (C=O) groups is 1. The van der Waals surface area contributed by atoms with Gasteiger partial charge in [-0.15, -0.1) is 12.4 Å². The van der Waals surface area contributed by atoms with Crippen molar-refractivity contribution in [1.82, 2.24) is 10.6 Å². The summed E-state index contributed by atoms with van der Waals surface area (Å²) in [5.74, 6) is 3.11. The van der Waals surface area contributed by atoms with Crippen LogP contribution in [0, 0.1) is 0 Å². The number of rotatable bonds is 6. The van der Waals surface area contributed by atoms with Gasteiger partial charge in [0, 0.05) is 30.5 Å². The summed E-state index contributed by atoms with van der Waals surface area (Å²) in [5.41, 5.74) is 1.36. The average Bonchev–Trinajstić information content (AvgIpc) is 2.52. The quantitative estimate of drug-likeness (QED) is 0.754. The normalized spacial score (nSPS) is 17.7. The lowest BCUT2D eigenvalue weighted by Crippen LogP contribution is -2.41. The number of hydrogen-bond donors (Lipinski definition) is 2. The van der Waals surface area contributed by atoms with E-state index in [1.807, 2.05) is 23.9 Å². The molecule has 136 valence electrons. The zero-order chi connectivity index (χ0) is 16.7. The molecule has 0 radical (unpaired) electrons. The van der Waals surface area contributed by atoms with Crippen molar-refractivity contribution in [2.45, 2.75) is 38.6 Å². The summed E-state index contributed by atoms with van der Waals surface area (Å²) >= 11 is 1.91. The summed E-state index contributed by atoms with van der Waals surface area (Å²) in [6, 6.07) is 8.47. The first-order chi connectivity index (χ1) is 10.9. The van der Waals surface area contributed by atoms with Gasteiger partial charge in [0.1, 0.15) is 12.4 Å². The van der Waals surface area contributed by atoms with Crippen LogP contribution < -0.4 is 15.4 Å². The van der Waals surface area contributed by atoms with Gasteiger partial charge in [0.25, 0.3) is 0 Å². The highest BCUT2D eigenvalue weighted by molar-refractivity contribution is 7.99. The molecule has 1 amide bonds. The summed E-state index contributed by atoms with van der Waals surface area (Å²) in [6.45, 7) is 8.58. The number of nitrogens with one attached hydrogen (secondary N) is 2. The highest BCUT2D eigenvalue weighted by Crippen LogP contribution is 2.25. The van der Waals surface area contributed by atoms with E-state index in [0.29, 0.717) is 25.6 Å². The fraction of sp³-hybridized carbons (Fsp3) is 0.611. The van der Waals surface area contributed by atoms with Crippen LogP contribution in [0.15, 0.2) is 24.3 Å². The number of carbonyl (C=O) groups excluding carboxylic acids is 1. The lowest BCUT2D eigenvalue weighted by atomic mass is 9.87. The Kier molecular flexibility index (Phi) is 8.95. The number of benzene rings is 1. The van der Waals surface area contributed by atoms with E-state index in [1.54, 1.807) is 0 Å². The SMILES string of the molecule is CC(C)(C)c1cccc(OCCNC(=O)CC2CSCCN2)c1.Cl. The first-order valence-electron chi connectivity index (χ1n) is 8.26. The second-order valence-corrected chi connectivity index (χ2v) is 8.06. The number of halogens is 1. The minimum atomic E-state index is 0. The maximum atomic E-state index is 11.9. The van der Waals surface area contributed by atoms with Gasteiger partial charge in [-0.05, 0) is 23.1 Å². The molecule has 6 heteroatoms. The first-order valence-corrected chi connectivity index (χ1v) is 9.42. The zero-order valence-corrected chi connectivity index (χ0v) is 16.4. The van der Waals surface area contributed by atoms with Gasteiger partial charge in [-0.2, -0.15) is 11.8 Å². The van der Waals surface area contributed by atoms with Gasteiger partial charge in [0.05, 0.1) is 6.54 Å². The Hall–Kier alpha value is -0.910. The van der Waals surface area contributed by atoms with Crippen LogP contribution in [0.1, 0.15) is 32.8 Å². The molecule has 0 bridgehead atoms. The molecular weight excluding hydrogens is 344 g/mol. The molecule has 1 aliphatic rings. The van der Waals surface area contributed by atoms with Crippen molar-refractivity contribution >= 4 is 30.1 Å². The minimum absolute atomic E-state index is 0. The maximum absolute atomic E-state index is 11.9. The van der Waals surface area contributed by atoms with Crippen LogP contribution in [0.25, 0.3) is 0 Å². The Bertz CT molecular complexity index is 514. The Morgan fingerprint density at radius 2 is 2.21 bits per heavy atom. The highest BCUT2D eigenvalue weighted by Gasteiger charge is 2.16. The smallest absolute Gasteiger partial charge is 0.221 e. The Morgan fingerprint density at radius 3 is 2.88 bits per heavy atom. The van der Waals surface area contributed by atoms with Crippen molar-refractivity contribution in [2.24, 2.45) is 0 Å². The van der Waals surface area contributed by atoms with E-state index < -0.39 is 0 Å². The van der Waals surface area contributed by atoms with Gasteiger partial charge in [-0.25, -0.2) is 0 Å². The van der Waals surface area contributed by atoms with E-state index in [2.05, 4.69) is 43.5 Å². The second kappa shape index (κ2) is 10.2. The molecule has 2 N–H and O–H groups in total. The minimum Gasteiger partial charge on any atom is -0.492 e. The maximum Gasteiger partial charge on any atom is 0.221 e. The molecule has 1 saturated heterocycles. The monoisotopic (exact) mass is 372 g/mol. The summed E-state index contributed by atoms with van der Waals surface area (Å²) in [5, 5.41) is 6.31. The first kappa shape index (κ1) is 21.1. The molecule has 1 aromatic carbocycles. The van der Waals surface area contributed by atoms with Crippen molar-refractivity contribution in [1.29, 1.82) is 0 Å². The van der Waals surface area contributed by atoms with E-state index in [-0.39, 0.29) is 23.7 Å². The van der Waals surface area contributed by atoms with Crippen molar-refractivity contribution in [2.75, 3.05) is 31.2 Å². The molecule has 1 aromatic rings. The molecule has 1 unspecified atom stereocenters. The van der Waals surface area contributed by atoms with Crippen LogP contribution in [-0.4, -0.2) is 43.2 Å². The van der Waals surface area contributed by atoms with Crippen molar-refractivity contribution in [3.63, 3.8) is 0 Å². The number of thioether (sulfide) groups is 1. The van der Waals surface area contributed by atoms with Gasteiger partial charge in [0.15, 0.2) is 0 Å². The van der Waals surface area contributed by atoms with Crippen LogP contribution in [-0.2, 0) is 10.2 Å². The van der Waals surface area contributed by atoms with E-state index in [4.69, 9.17) is 4.74 Å². The van der Waals surface area contributed by atoms with Crippen LogP contribution in [0.3, 0.4) is 0 Å². The topological polar surface area (TPSA) is 50.4 Å². The van der Waals surface area contributed by atoms with Crippen LogP contribution in [0.2, 0.25) is 0 Å². The summed E-state index contributed by atoms with van der Waals surface area (Å²) in [6.07, 6.45) is 0.548. The van der Waals surface area contributed by atoms with Gasteiger partial charge in [-0.1, -0.05) is 32.9 Å². The molecule has 1 aliphatic heterocycles. The standard InChI is InChI=1S/C18H28N2O2S.ClH/c1-18(2,3)14-5-4-6-16(11-14)22-9-7-20-17(21)12-15-13-23-10-8-19-15;/h4-6,11,15,19H,7-10,12-13H2,1-3H3,(H,20,21);1H. The molecule has 0 aromatic heterocycles. The molecule has 0 spiro atoms. The van der Waals surface area contributed by atoms with E-state index in [0.717, 1.165) is 23.8 Å². The number of amides is 1. The van der Waals surface area contributed by atoms with E-state index in [9.17, 15) is 4.79 Å². The van der Waals surface area contributed by atoms with Crippen molar-refractivity contribution in [3.05, 3.63) is 29.8 Å². The van der Waals surface area contributed by atoms with Gasteiger partial charge >= 0.3 is 0 Å². The lowest BCUT2D eigenvalue weighted by Gasteiger charge is -2.22. The molecule has 1 heterocycles. The largest absolute Gasteiger partial charge is 0.492 e. The van der Waals surface area contributed by atoms with Crippen molar-refractivity contribution < 1.29 is 9.53 Å². The van der Waals surface area contributed by atoms with Crippen LogP contribution in [0.4, 0.5) is 0 Å². The third-order valence-corrected chi connectivity index (χ3v) is 4.95. The van der Waals surface area contributed by atoms with Crippen molar-refractivity contribution in [3.8, 4) is 5.75 Å². The predicted octanol–water partition coefficient (Wildman–Crippen LogP) is 3.00. The highest BCUT2D eigenvalue weighted by atomic mass is 35.5. The van der Waals surface area contributed by atoms with Crippen LogP contribution in [0.5, 0.6) is 5.75 Å². The number of hydrogen-bond acceptors (Lipinski definition) is 4. The lowest BCUT2D eigenvalue weighted by molar-refractivity contribution is -0.121. The predicted molar refractivity (Wildman–Crippen MR) is 105 cm³/mol. The second-order valence-electron chi connectivity index (χ2n) is 6.91. The Morgan fingerprint density at radius 1 is 1.42 bits per heavy atom. The fourth-order valence-corrected chi connectivity index (χ4v) is 3.41. The van der Waals surface area contributed by atoms with E-state index in [1.165, 1.54) is 5.56 Å². The molecule has 4 nitrogen and oxygen atoms in total. The third kappa shape index (κ3) is 7.32. The average molecular weight is 373 g/mol. The molecule has 1 atom stereocenters. The van der Waals surface area contributed by atoms with Gasteiger partial charge < -0.3 is 15.4 Å². The molecular formula is C18H29ClN2O2S. The zero-order valence-electron chi connectivity index (χ0n) is 14.8. The molecule has 0 saturated carbocycles. The molecule has 0 aliphatic carbocycles. The van der Waals surface area contributed by atoms with Gasteiger partial charge in [0.2, 0.25) is 5.91 Å². The summed E-state index contributed by atoms with van der Waals surface area (Å²) < 4.78 is 5.75. The number of ether oxygens (including phenoxy) is 1. The summed E-state index contributed by atoms with van der Waals surface area (Å²) in [7, 11) is 0. The Labute approximate surface area is 155 Å². The summed E-state index contributed by atoms with van der Waals surface area (Å²) in [4.78, 5) is 11.9. The fourth-order valence-electron chi connectivity index (χ4n) is 2.46. The third-order valence-electron chi connectivity index (χ3n) is 3.82. The van der Waals surface area contributed by atoms with Crippen LogP contribution >= 0.6 is 24.2 Å².